The lowest BCUT2D eigenvalue weighted by Gasteiger charge is -2.15. The Morgan fingerprint density at radius 2 is 1.90 bits per heavy atom. The van der Waals surface area contributed by atoms with Crippen LogP contribution in [0.2, 0.25) is 0 Å². The molecular weight excluding hydrogens is 346 g/mol. The van der Waals surface area contributed by atoms with E-state index in [0.717, 1.165) is 33.0 Å². The third-order valence-corrected chi connectivity index (χ3v) is 4.29. The monoisotopic (exact) mass is 365 g/mol. The number of hydrogen-bond donors (Lipinski definition) is 1. The van der Waals surface area contributed by atoms with Crippen LogP contribution in [0.1, 0.15) is 19.4 Å². The molecule has 0 aliphatic carbocycles. The largest absolute Gasteiger partial charge is 0.456 e. The third-order valence-electron chi connectivity index (χ3n) is 3.02. The minimum Gasteiger partial charge on any atom is -0.456 e. The molecule has 0 heterocycles. The lowest BCUT2D eigenvalue weighted by atomic mass is 10.2. The highest BCUT2D eigenvalue weighted by molar-refractivity contribution is 9.10. The van der Waals surface area contributed by atoms with E-state index in [0.29, 0.717) is 6.04 Å². The van der Waals surface area contributed by atoms with Gasteiger partial charge in [-0.15, -0.1) is 11.8 Å². The van der Waals surface area contributed by atoms with Gasteiger partial charge < -0.3 is 10.1 Å². The fourth-order valence-corrected chi connectivity index (χ4v) is 2.77. The van der Waals surface area contributed by atoms with Crippen LogP contribution in [0, 0.1) is 0 Å². The van der Waals surface area contributed by atoms with Gasteiger partial charge in [0.05, 0.1) is 0 Å². The van der Waals surface area contributed by atoms with Crippen LogP contribution in [-0.4, -0.2) is 12.3 Å². The third kappa shape index (κ3) is 4.77. The van der Waals surface area contributed by atoms with Crippen molar-refractivity contribution in [3.8, 4) is 11.5 Å². The molecular formula is C17H20BrNOS. The van der Waals surface area contributed by atoms with Crippen LogP contribution in [0.4, 0.5) is 0 Å². The van der Waals surface area contributed by atoms with Crippen LogP contribution in [0.5, 0.6) is 11.5 Å². The van der Waals surface area contributed by atoms with Gasteiger partial charge in [-0.2, -0.15) is 0 Å². The summed E-state index contributed by atoms with van der Waals surface area (Å²) in [5.41, 5.74) is 1.16. The van der Waals surface area contributed by atoms with Crippen molar-refractivity contribution in [3.05, 3.63) is 52.5 Å². The maximum absolute atomic E-state index is 6.15. The van der Waals surface area contributed by atoms with Crippen molar-refractivity contribution in [1.82, 2.24) is 5.32 Å². The Hall–Kier alpha value is -0.970. The molecule has 0 spiro atoms. The second-order valence-corrected chi connectivity index (χ2v) is 6.80. The highest BCUT2D eigenvalue weighted by Crippen LogP contribution is 2.34. The van der Waals surface area contributed by atoms with Crippen LogP contribution in [-0.2, 0) is 6.54 Å². The number of hydrogen-bond acceptors (Lipinski definition) is 3. The quantitative estimate of drug-likeness (QED) is 0.686. The second kappa shape index (κ2) is 7.87. The van der Waals surface area contributed by atoms with Gasteiger partial charge in [0.2, 0.25) is 0 Å². The standard InChI is InChI=1S/C17H20BrNOS/c1-12(2)19-11-13-8-9-14(18)10-16(13)20-15-6-4-5-7-17(15)21-3/h4-10,12,19H,11H2,1-3H3. The Balaban J connectivity index is 2.27. The van der Waals surface area contributed by atoms with E-state index in [1.54, 1.807) is 11.8 Å². The highest BCUT2D eigenvalue weighted by atomic mass is 79.9. The number of ether oxygens (including phenoxy) is 1. The van der Waals surface area contributed by atoms with Gasteiger partial charge in [0.15, 0.2) is 0 Å². The van der Waals surface area contributed by atoms with Gasteiger partial charge in [-0.3, -0.25) is 0 Å². The minimum absolute atomic E-state index is 0.444. The Morgan fingerprint density at radius 1 is 1.14 bits per heavy atom. The van der Waals surface area contributed by atoms with E-state index in [4.69, 9.17) is 4.74 Å². The molecule has 0 saturated heterocycles. The molecule has 0 amide bonds. The SMILES string of the molecule is CSc1ccccc1Oc1cc(Br)ccc1CNC(C)C. The molecule has 2 nitrogen and oxygen atoms in total. The molecule has 0 atom stereocenters. The maximum atomic E-state index is 6.15. The molecule has 2 rings (SSSR count). The number of nitrogens with one attached hydrogen (secondary N) is 1. The van der Waals surface area contributed by atoms with Crippen LogP contribution >= 0.6 is 27.7 Å². The topological polar surface area (TPSA) is 21.3 Å². The molecule has 2 aromatic carbocycles. The zero-order valence-corrected chi connectivity index (χ0v) is 14.9. The molecule has 0 aliphatic rings. The number of thioether (sulfide) groups is 1. The Bertz CT molecular complexity index is 601. The predicted molar refractivity (Wildman–Crippen MR) is 94.4 cm³/mol. The van der Waals surface area contributed by atoms with Crippen molar-refractivity contribution in [2.45, 2.75) is 31.3 Å². The van der Waals surface area contributed by atoms with Crippen molar-refractivity contribution < 1.29 is 4.74 Å². The zero-order chi connectivity index (χ0) is 15.2. The summed E-state index contributed by atoms with van der Waals surface area (Å²) in [4.78, 5) is 1.14. The molecule has 4 heteroatoms. The summed E-state index contributed by atoms with van der Waals surface area (Å²) in [7, 11) is 0. The first kappa shape index (κ1) is 16.4. The number of rotatable bonds is 6. The lowest BCUT2D eigenvalue weighted by molar-refractivity contribution is 0.459. The normalized spacial score (nSPS) is 10.9. The Kier molecular flexibility index (Phi) is 6.15. The smallest absolute Gasteiger partial charge is 0.140 e. The van der Waals surface area contributed by atoms with Gasteiger partial charge in [-0.05, 0) is 30.5 Å². The van der Waals surface area contributed by atoms with Gasteiger partial charge in [0, 0.05) is 27.5 Å². The van der Waals surface area contributed by atoms with Gasteiger partial charge >= 0.3 is 0 Å². The van der Waals surface area contributed by atoms with Crippen molar-refractivity contribution in [1.29, 1.82) is 0 Å². The van der Waals surface area contributed by atoms with Gasteiger partial charge in [0.1, 0.15) is 11.5 Å². The van der Waals surface area contributed by atoms with E-state index in [2.05, 4.69) is 53.5 Å². The molecule has 0 saturated carbocycles. The molecule has 0 bridgehead atoms. The van der Waals surface area contributed by atoms with Crippen molar-refractivity contribution in [3.63, 3.8) is 0 Å². The Morgan fingerprint density at radius 3 is 2.62 bits per heavy atom. The molecule has 0 aromatic heterocycles. The molecule has 0 unspecified atom stereocenters. The summed E-state index contributed by atoms with van der Waals surface area (Å²) < 4.78 is 7.17. The fraction of sp³-hybridized carbons (Fsp3) is 0.294. The molecule has 0 radical (unpaired) electrons. The molecule has 2 aromatic rings. The fourth-order valence-electron chi connectivity index (χ4n) is 1.91. The van der Waals surface area contributed by atoms with E-state index in [9.17, 15) is 0 Å². The summed E-state index contributed by atoms with van der Waals surface area (Å²) >= 11 is 5.21. The number of halogens is 1. The van der Waals surface area contributed by atoms with E-state index < -0.39 is 0 Å². The predicted octanol–water partition coefficient (Wildman–Crippen LogP) is 5.46. The summed E-state index contributed by atoms with van der Waals surface area (Å²) in [5, 5.41) is 3.44. The molecule has 0 aliphatic heterocycles. The second-order valence-electron chi connectivity index (χ2n) is 5.04. The van der Waals surface area contributed by atoms with Crippen LogP contribution in [0.15, 0.2) is 51.8 Å². The minimum atomic E-state index is 0.444. The van der Waals surface area contributed by atoms with E-state index in [1.165, 1.54) is 0 Å². The molecule has 21 heavy (non-hydrogen) atoms. The molecule has 1 N–H and O–H groups in total. The zero-order valence-electron chi connectivity index (χ0n) is 12.5. The van der Waals surface area contributed by atoms with Crippen LogP contribution in [0.25, 0.3) is 0 Å². The molecule has 0 fully saturated rings. The van der Waals surface area contributed by atoms with E-state index in [1.807, 2.05) is 30.3 Å². The average molecular weight is 366 g/mol. The average Bonchev–Trinajstić information content (AvgIpc) is 2.47. The lowest BCUT2D eigenvalue weighted by Crippen LogP contribution is -2.22. The summed E-state index contributed by atoms with van der Waals surface area (Å²) in [6.07, 6.45) is 2.06. The highest BCUT2D eigenvalue weighted by Gasteiger charge is 2.09. The van der Waals surface area contributed by atoms with Crippen LogP contribution in [0.3, 0.4) is 0 Å². The Labute approximate surface area is 139 Å². The summed E-state index contributed by atoms with van der Waals surface area (Å²) in [6.45, 7) is 5.08. The number of benzene rings is 2. The van der Waals surface area contributed by atoms with Crippen molar-refractivity contribution >= 4 is 27.7 Å². The van der Waals surface area contributed by atoms with Gasteiger partial charge in [0.25, 0.3) is 0 Å². The summed E-state index contributed by atoms with van der Waals surface area (Å²) in [6, 6.07) is 14.7. The van der Waals surface area contributed by atoms with Gasteiger partial charge in [-0.25, -0.2) is 0 Å². The first-order valence-electron chi connectivity index (χ1n) is 6.93. The molecule has 112 valence electrons. The van der Waals surface area contributed by atoms with Crippen molar-refractivity contribution in [2.24, 2.45) is 0 Å². The van der Waals surface area contributed by atoms with Gasteiger partial charge in [-0.1, -0.05) is 48.0 Å². The van der Waals surface area contributed by atoms with E-state index >= 15 is 0 Å². The number of para-hydroxylation sites is 1. The van der Waals surface area contributed by atoms with Crippen LogP contribution < -0.4 is 10.1 Å². The summed E-state index contributed by atoms with van der Waals surface area (Å²) in [5.74, 6) is 1.79. The van der Waals surface area contributed by atoms with Crippen molar-refractivity contribution in [2.75, 3.05) is 6.26 Å². The first-order chi connectivity index (χ1) is 10.1. The maximum Gasteiger partial charge on any atom is 0.140 e. The first-order valence-corrected chi connectivity index (χ1v) is 8.94. The van der Waals surface area contributed by atoms with E-state index in [-0.39, 0.29) is 0 Å².